The Morgan fingerprint density at radius 2 is 1.64 bits per heavy atom. The van der Waals surface area contributed by atoms with Crippen LogP contribution in [-0.2, 0) is 4.74 Å². The molecule has 112 valence electrons. The maximum Gasteiger partial charge on any atom is 0.339 e. The zero-order valence-electron chi connectivity index (χ0n) is 12.7. The highest BCUT2D eigenvalue weighted by Crippen LogP contribution is 2.27. The van der Waals surface area contributed by atoms with E-state index in [1.165, 1.54) is 7.11 Å². The van der Waals surface area contributed by atoms with Crippen LogP contribution in [-0.4, -0.2) is 27.3 Å². The van der Waals surface area contributed by atoms with E-state index in [0.717, 1.165) is 5.56 Å². The third-order valence-corrected chi connectivity index (χ3v) is 3.06. The average molecular weight is 296 g/mol. The van der Waals surface area contributed by atoms with Crippen LogP contribution in [0, 0.1) is 11.8 Å². The molecule has 0 aromatic heterocycles. The fourth-order valence-electron chi connectivity index (χ4n) is 1.93. The number of carbonyl (C=O) groups excluding carboxylic acids is 1. The molecule has 4 heteroatoms. The molecule has 0 N–H and O–H groups in total. The number of benzene rings is 2. The summed E-state index contributed by atoms with van der Waals surface area (Å²) in [7, 11) is 4.50. The summed E-state index contributed by atoms with van der Waals surface area (Å²) in [5.74, 6) is 6.84. The highest BCUT2D eigenvalue weighted by Gasteiger charge is 2.09. The summed E-state index contributed by atoms with van der Waals surface area (Å²) in [5.41, 5.74) is 1.82. The summed E-state index contributed by atoms with van der Waals surface area (Å²) in [4.78, 5) is 11.7. The minimum absolute atomic E-state index is 0.405. The van der Waals surface area contributed by atoms with Crippen LogP contribution in [0.3, 0.4) is 0 Å². The zero-order valence-corrected chi connectivity index (χ0v) is 12.7. The smallest absolute Gasteiger partial charge is 0.339 e. The van der Waals surface area contributed by atoms with Gasteiger partial charge in [0.25, 0.3) is 0 Å². The second-order valence-corrected chi connectivity index (χ2v) is 4.36. The molecule has 2 rings (SSSR count). The highest BCUT2D eigenvalue weighted by molar-refractivity contribution is 5.92. The quantitative estimate of drug-likeness (QED) is 0.645. The molecule has 0 amide bonds. The number of hydrogen-bond donors (Lipinski definition) is 0. The maximum absolute atomic E-state index is 11.7. The molecule has 22 heavy (non-hydrogen) atoms. The first-order chi connectivity index (χ1) is 10.7. The molecule has 0 unspecified atom stereocenters. The van der Waals surface area contributed by atoms with Crippen molar-refractivity contribution in [3.63, 3.8) is 0 Å². The third-order valence-electron chi connectivity index (χ3n) is 3.06. The molecule has 0 aliphatic rings. The van der Waals surface area contributed by atoms with E-state index < -0.39 is 5.97 Å². The summed E-state index contributed by atoms with van der Waals surface area (Å²) in [6, 6.07) is 12.5. The summed E-state index contributed by atoms with van der Waals surface area (Å²) in [6.45, 7) is 0. The van der Waals surface area contributed by atoms with Crippen molar-refractivity contribution < 1.29 is 19.0 Å². The molecule has 4 nitrogen and oxygen atoms in total. The van der Waals surface area contributed by atoms with Crippen LogP contribution in [0.1, 0.15) is 21.5 Å². The summed E-state index contributed by atoms with van der Waals surface area (Å²) in [6.07, 6.45) is 0. The number of rotatable bonds is 3. The fourth-order valence-corrected chi connectivity index (χ4v) is 1.93. The molecule has 0 saturated carbocycles. The van der Waals surface area contributed by atoms with Crippen molar-refractivity contribution in [2.45, 2.75) is 0 Å². The standard InChI is InChI=1S/C18H16O4/c1-20-16-11-9-13(12-17(16)21-2)8-10-14-6-4-5-7-15(14)18(19)22-3/h4-7,9,11-12H,1-3H3. The van der Waals surface area contributed by atoms with E-state index in [9.17, 15) is 4.79 Å². The molecular formula is C18H16O4. The van der Waals surface area contributed by atoms with E-state index in [-0.39, 0.29) is 0 Å². The van der Waals surface area contributed by atoms with Crippen LogP contribution in [0.25, 0.3) is 0 Å². The van der Waals surface area contributed by atoms with Gasteiger partial charge in [0.2, 0.25) is 0 Å². The van der Waals surface area contributed by atoms with Crippen LogP contribution < -0.4 is 9.47 Å². The second kappa shape index (κ2) is 7.19. The molecule has 2 aromatic carbocycles. The van der Waals surface area contributed by atoms with Crippen molar-refractivity contribution in [3.05, 3.63) is 59.2 Å². The molecule has 0 fully saturated rings. The molecular weight excluding hydrogens is 280 g/mol. The Labute approximate surface area is 129 Å². The normalized spacial score (nSPS) is 9.41. The van der Waals surface area contributed by atoms with Gasteiger partial charge < -0.3 is 14.2 Å². The topological polar surface area (TPSA) is 44.8 Å². The van der Waals surface area contributed by atoms with Crippen LogP contribution in [0.15, 0.2) is 42.5 Å². The van der Waals surface area contributed by atoms with Crippen LogP contribution in [0.5, 0.6) is 11.5 Å². The lowest BCUT2D eigenvalue weighted by Crippen LogP contribution is -2.03. The van der Waals surface area contributed by atoms with Gasteiger partial charge in [-0.1, -0.05) is 24.0 Å². The molecule has 0 spiro atoms. The van der Waals surface area contributed by atoms with Crippen molar-refractivity contribution in [3.8, 4) is 23.3 Å². The van der Waals surface area contributed by atoms with Gasteiger partial charge in [-0.05, 0) is 30.3 Å². The first-order valence-electron chi connectivity index (χ1n) is 6.61. The summed E-state index contributed by atoms with van der Waals surface area (Å²) < 4.78 is 15.2. The number of carbonyl (C=O) groups is 1. The molecule has 0 radical (unpaired) electrons. The van der Waals surface area contributed by atoms with Gasteiger partial charge in [-0.15, -0.1) is 0 Å². The van der Waals surface area contributed by atoms with E-state index in [0.29, 0.717) is 22.6 Å². The predicted octanol–water partition coefficient (Wildman–Crippen LogP) is 2.89. The van der Waals surface area contributed by atoms with Crippen LogP contribution >= 0.6 is 0 Å². The summed E-state index contributed by atoms with van der Waals surface area (Å²) in [5, 5.41) is 0. The SMILES string of the molecule is COC(=O)c1ccccc1C#Cc1ccc(OC)c(OC)c1. The van der Waals surface area contributed by atoms with Gasteiger partial charge in [0.05, 0.1) is 26.9 Å². The molecule has 0 bridgehead atoms. The minimum atomic E-state index is -0.405. The lowest BCUT2D eigenvalue weighted by atomic mass is 10.1. The number of esters is 1. The zero-order chi connectivity index (χ0) is 15.9. The Morgan fingerprint density at radius 1 is 0.909 bits per heavy atom. The predicted molar refractivity (Wildman–Crippen MR) is 83.3 cm³/mol. The lowest BCUT2D eigenvalue weighted by molar-refractivity contribution is 0.0600. The minimum Gasteiger partial charge on any atom is -0.493 e. The van der Waals surface area contributed by atoms with Gasteiger partial charge in [-0.25, -0.2) is 4.79 Å². The maximum atomic E-state index is 11.7. The first-order valence-corrected chi connectivity index (χ1v) is 6.61. The number of hydrogen-bond acceptors (Lipinski definition) is 4. The number of methoxy groups -OCH3 is 3. The van der Waals surface area contributed by atoms with Crippen LogP contribution in [0.2, 0.25) is 0 Å². The van der Waals surface area contributed by atoms with E-state index in [1.807, 2.05) is 12.1 Å². The Morgan fingerprint density at radius 3 is 2.32 bits per heavy atom. The van der Waals surface area contributed by atoms with Crippen molar-refractivity contribution in [2.75, 3.05) is 21.3 Å². The van der Waals surface area contributed by atoms with Gasteiger partial charge in [0.1, 0.15) is 0 Å². The number of ether oxygens (including phenoxy) is 3. The Hall–Kier alpha value is -2.93. The third kappa shape index (κ3) is 3.39. The second-order valence-electron chi connectivity index (χ2n) is 4.36. The van der Waals surface area contributed by atoms with E-state index in [4.69, 9.17) is 14.2 Å². The van der Waals surface area contributed by atoms with Crippen molar-refractivity contribution in [1.29, 1.82) is 0 Å². The summed E-state index contributed by atoms with van der Waals surface area (Å²) >= 11 is 0. The van der Waals surface area contributed by atoms with E-state index >= 15 is 0 Å². The molecule has 0 aliphatic carbocycles. The van der Waals surface area contributed by atoms with Gasteiger partial charge >= 0.3 is 5.97 Å². The molecule has 0 saturated heterocycles. The first kappa shape index (κ1) is 15.5. The largest absolute Gasteiger partial charge is 0.493 e. The van der Waals surface area contributed by atoms with E-state index in [1.54, 1.807) is 44.6 Å². The Bertz CT molecular complexity index is 738. The van der Waals surface area contributed by atoms with Crippen LogP contribution in [0.4, 0.5) is 0 Å². The molecule has 0 heterocycles. The molecule has 0 atom stereocenters. The highest BCUT2D eigenvalue weighted by atomic mass is 16.5. The van der Waals surface area contributed by atoms with Gasteiger partial charge in [0.15, 0.2) is 11.5 Å². The lowest BCUT2D eigenvalue weighted by Gasteiger charge is -2.06. The van der Waals surface area contributed by atoms with Crippen molar-refractivity contribution in [2.24, 2.45) is 0 Å². The Balaban J connectivity index is 2.37. The molecule has 0 aliphatic heterocycles. The van der Waals surface area contributed by atoms with Gasteiger partial charge in [-0.3, -0.25) is 0 Å². The monoisotopic (exact) mass is 296 g/mol. The molecule has 2 aromatic rings. The van der Waals surface area contributed by atoms with Gasteiger partial charge in [-0.2, -0.15) is 0 Å². The Kier molecular flexibility index (Phi) is 5.05. The average Bonchev–Trinajstić information content (AvgIpc) is 2.59. The van der Waals surface area contributed by atoms with Crippen molar-refractivity contribution >= 4 is 5.97 Å². The van der Waals surface area contributed by atoms with Gasteiger partial charge in [0, 0.05) is 11.1 Å². The van der Waals surface area contributed by atoms with Crippen molar-refractivity contribution in [1.82, 2.24) is 0 Å². The fraction of sp³-hybridized carbons (Fsp3) is 0.167. The van der Waals surface area contributed by atoms with E-state index in [2.05, 4.69) is 11.8 Å².